The number of nitrogens with one attached hydrogen (secondary N) is 1. The van der Waals surface area contributed by atoms with E-state index in [-0.39, 0.29) is 5.91 Å². The van der Waals surface area contributed by atoms with Crippen LogP contribution in [0.3, 0.4) is 0 Å². The molecule has 0 spiro atoms. The predicted molar refractivity (Wildman–Crippen MR) is 197 cm³/mol. The van der Waals surface area contributed by atoms with Gasteiger partial charge in [0.2, 0.25) is 0 Å². The molecule has 0 aliphatic heterocycles. The molecule has 1 unspecified atom stereocenters. The van der Waals surface area contributed by atoms with Gasteiger partial charge in [-0.15, -0.1) is 0 Å². The summed E-state index contributed by atoms with van der Waals surface area (Å²) in [7, 11) is 0. The van der Waals surface area contributed by atoms with Crippen LogP contribution in [0, 0.1) is 5.92 Å². The fraction of sp³-hybridized carbons (Fsp3) is 0.605. The molecule has 0 aromatic heterocycles. The van der Waals surface area contributed by atoms with Crippen LogP contribution in [0.25, 0.3) is 10.8 Å². The van der Waals surface area contributed by atoms with Crippen molar-refractivity contribution in [1.29, 1.82) is 0 Å². The third-order valence-electron chi connectivity index (χ3n) is 9.66. The standard InChI is InChI=1S/C43H65NO/c1-3-5-7-9-11-13-15-17-19-23-34-44-43(45)40-32-30-37(31-33-40)35-38(25-20-18-16-14-12-10-8-6-4-2)36-41-28-24-27-39-26-21-22-29-42(39)41/h21-22,24,26-33,38H,3-20,23,25,34-36H2,1-2H3,(H,44,45). The predicted octanol–water partition coefficient (Wildman–Crippen LogP) is 12.8. The fourth-order valence-corrected chi connectivity index (χ4v) is 6.84. The van der Waals surface area contributed by atoms with Crippen LogP contribution < -0.4 is 5.32 Å². The molecule has 1 amide bonds. The van der Waals surface area contributed by atoms with Gasteiger partial charge in [0.15, 0.2) is 0 Å². The molecule has 2 nitrogen and oxygen atoms in total. The maximum absolute atomic E-state index is 12.8. The Bertz CT molecular complexity index is 1160. The molecule has 0 saturated carbocycles. The van der Waals surface area contributed by atoms with Crippen molar-refractivity contribution in [3.63, 3.8) is 0 Å². The Morgan fingerprint density at radius 1 is 0.556 bits per heavy atom. The van der Waals surface area contributed by atoms with Crippen LogP contribution in [-0.4, -0.2) is 12.5 Å². The number of hydrogen-bond donors (Lipinski definition) is 1. The molecular formula is C43H65NO. The average molecular weight is 612 g/mol. The zero-order valence-electron chi connectivity index (χ0n) is 29.1. The lowest BCUT2D eigenvalue weighted by molar-refractivity contribution is 0.0953. The summed E-state index contributed by atoms with van der Waals surface area (Å²) in [6, 6.07) is 24.1. The van der Waals surface area contributed by atoms with E-state index in [0.717, 1.165) is 31.4 Å². The topological polar surface area (TPSA) is 29.1 Å². The molecule has 0 aliphatic carbocycles. The van der Waals surface area contributed by atoms with Gasteiger partial charge in [-0.3, -0.25) is 4.79 Å². The molecule has 0 fully saturated rings. The van der Waals surface area contributed by atoms with Crippen molar-refractivity contribution in [3.8, 4) is 0 Å². The second-order valence-electron chi connectivity index (χ2n) is 13.7. The number of fused-ring (bicyclic) bond motifs is 1. The van der Waals surface area contributed by atoms with Gasteiger partial charge in [-0.1, -0.05) is 184 Å². The first-order valence-corrected chi connectivity index (χ1v) is 19.0. The van der Waals surface area contributed by atoms with Crippen molar-refractivity contribution >= 4 is 16.7 Å². The van der Waals surface area contributed by atoms with Gasteiger partial charge in [-0.2, -0.15) is 0 Å². The molecule has 0 bridgehead atoms. The highest BCUT2D eigenvalue weighted by Crippen LogP contribution is 2.26. The lowest BCUT2D eigenvalue weighted by atomic mass is 9.86. The lowest BCUT2D eigenvalue weighted by Gasteiger charge is -2.19. The van der Waals surface area contributed by atoms with E-state index in [1.807, 2.05) is 12.1 Å². The number of benzene rings is 3. The fourth-order valence-electron chi connectivity index (χ4n) is 6.84. The van der Waals surface area contributed by atoms with Crippen LogP contribution in [0.2, 0.25) is 0 Å². The molecule has 248 valence electrons. The Morgan fingerprint density at radius 3 is 1.71 bits per heavy atom. The SMILES string of the molecule is CCCCCCCCCCCCNC(=O)c1ccc(CC(CCCCCCCCCCC)Cc2cccc3ccccc23)cc1. The lowest BCUT2D eigenvalue weighted by Crippen LogP contribution is -2.24. The Balaban J connectivity index is 1.44. The summed E-state index contributed by atoms with van der Waals surface area (Å²) in [5.74, 6) is 0.677. The molecule has 0 radical (unpaired) electrons. The molecule has 1 atom stereocenters. The molecule has 3 aromatic rings. The van der Waals surface area contributed by atoms with Crippen molar-refractivity contribution < 1.29 is 4.79 Å². The van der Waals surface area contributed by atoms with E-state index >= 15 is 0 Å². The normalized spacial score (nSPS) is 12.0. The van der Waals surface area contributed by atoms with Crippen molar-refractivity contribution in [1.82, 2.24) is 5.32 Å². The minimum atomic E-state index is 0.0690. The second-order valence-corrected chi connectivity index (χ2v) is 13.7. The van der Waals surface area contributed by atoms with Crippen LogP contribution in [0.15, 0.2) is 66.7 Å². The summed E-state index contributed by atoms with van der Waals surface area (Å²) < 4.78 is 0. The first-order chi connectivity index (χ1) is 22.2. The molecule has 3 aromatic carbocycles. The van der Waals surface area contributed by atoms with Crippen LogP contribution in [0.1, 0.15) is 164 Å². The molecule has 0 saturated heterocycles. The van der Waals surface area contributed by atoms with Crippen LogP contribution in [0.4, 0.5) is 0 Å². The number of hydrogen-bond acceptors (Lipinski definition) is 1. The smallest absolute Gasteiger partial charge is 0.251 e. The van der Waals surface area contributed by atoms with E-state index in [9.17, 15) is 4.79 Å². The average Bonchev–Trinajstić information content (AvgIpc) is 3.06. The van der Waals surface area contributed by atoms with Crippen molar-refractivity contribution in [2.24, 2.45) is 5.92 Å². The first-order valence-electron chi connectivity index (χ1n) is 19.0. The maximum atomic E-state index is 12.8. The molecular weight excluding hydrogens is 546 g/mol. The van der Waals surface area contributed by atoms with E-state index in [1.165, 1.54) is 144 Å². The largest absolute Gasteiger partial charge is 0.352 e. The quantitative estimate of drug-likeness (QED) is 0.0899. The van der Waals surface area contributed by atoms with Crippen LogP contribution in [0.5, 0.6) is 0 Å². The van der Waals surface area contributed by atoms with Gasteiger partial charge in [-0.25, -0.2) is 0 Å². The van der Waals surface area contributed by atoms with E-state index < -0.39 is 0 Å². The first kappa shape index (κ1) is 36.9. The van der Waals surface area contributed by atoms with Gasteiger partial charge < -0.3 is 5.32 Å². The van der Waals surface area contributed by atoms with Crippen LogP contribution >= 0.6 is 0 Å². The molecule has 45 heavy (non-hydrogen) atoms. The molecule has 2 heteroatoms. The van der Waals surface area contributed by atoms with Gasteiger partial charge in [0.25, 0.3) is 5.91 Å². The zero-order valence-corrected chi connectivity index (χ0v) is 29.1. The monoisotopic (exact) mass is 612 g/mol. The second kappa shape index (κ2) is 23.7. The zero-order chi connectivity index (χ0) is 31.8. The van der Waals surface area contributed by atoms with E-state index in [4.69, 9.17) is 0 Å². The Hall–Kier alpha value is -2.61. The Labute approximate surface area is 277 Å². The van der Waals surface area contributed by atoms with Gasteiger partial charge >= 0.3 is 0 Å². The van der Waals surface area contributed by atoms with Crippen molar-refractivity contribution in [3.05, 3.63) is 83.4 Å². The Kier molecular flexibility index (Phi) is 19.4. The summed E-state index contributed by atoms with van der Waals surface area (Å²) >= 11 is 0. The third kappa shape index (κ3) is 15.5. The number of amides is 1. The van der Waals surface area contributed by atoms with Crippen LogP contribution in [-0.2, 0) is 12.8 Å². The number of unbranched alkanes of at least 4 members (excludes halogenated alkanes) is 17. The highest BCUT2D eigenvalue weighted by molar-refractivity contribution is 5.94. The molecule has 0 aliphatic rings. The number of carbonyl (C=O) groups is 1. The number of rotatable bonds is 26. The van der Waals surface area contributed by atoms with E-state index in [2.05, 4.69) is 73.8 Å². The minimum absolute atomic E-state index is 0.0690. The minimum Gasteiger partial charge on any atom is -0.352 e. The summed E-state index contributed by atoms with van der Waals surface area (Å²) in [4.78, 5) is 12.8. The van der Waals surface area contributed by atoms with Gasteiger partial charge in [-0.05, 0) is 65.6 Å². The highest BCUT2D eigenvalue weighted by atomic mass is 16.1. The summed E-state index contributed by atoms with van der Waals surface area (Å²) in [5, 5.41) is 5.89. The number of carbonyl (C=O) groups excluding carboxylic acids is 1. The van der Waals surface area contributed by atoms with E-state index in [0.29, 0.717) is 5.92 Å². The van der Waals surface area contributed by atoms with Gasteiger partial charge in [0.05, 0.1) is 0 Å². The van der Waals surface area contributed by atoms with Crippen molar-refractivity contribution in [2.75, 3.05) is 6.54 Å². The summed E-state index contributed by atoms with van der Waals surface area (Å²) in [6.07, 6.45) is 29.0. The maximum Gasteiger partial charge on any atom is 0.251 e. The van der Waals surface area contributed by atoms with Crippen molar-refractivity contribution in [2.45, 2.75) is 155 Å². The van der Waals surface area contributed by atoms with Gasteiger partial charge in [0.1, 0.15) is 0 Å². The summed E-state index contributed by atoms with van der Waals surface area (Å²) in [6.45, 7) is 5.35. The van der Waals surface area contributed by atoms with Gasteiger partial charge in [0, 0.05) is 12.1 Å². The Morgan fingerprint density at radius 2 is 1.09 bits per heavy atom. The highest BCUT2D eigenvalue weighted by Gasteiger charge is 2.14. The molecule has 1 N–H and O–H groups in total. The molecule has 0 heterocycles. The third-order valence-corrected chi connectivity index (χ3v) is 9.66. The summed E-state index contributed by atoms with van der Waals surface area (Å²) in [5.41, 5.74) is 3.61. The van der Waals surface area contributed by atoms with E-state index in [1.54, 1.807) is 0 Å². The molecule has 3 rings (SSSR count).